The van der Waals surface area contributed by atoms with E-state index in [1.54, 1.807) is 6.26 Å². The van der Waals surface area contributed by atoms with E-state index in [1.807, 2.05) is 30.9 Å². The van der Waals surface area contributed by atoms with E-state index in [2.05, 4.69) is 11.9 Å². The van der Waals surface area contributed by atoms with Gasteiger partial charge in [0.1, 0.15) is 10.6 Å². The normalized spacial score (nSPS) is 10.8. The standard InChI is InChI=1S/C16H22N2O2S/c1-4-6-9-18(11-13-8-7-10-20-13)16(19)15-14(5-2)17-12(3)21-15/h7-8,10H,4-6,9,11H2,1-3H3. The molecule has 0 radical (unpaired) electrons. The molecule has 2 rings (SSSR count). The van der Waals surface area contributed by atoms with E-state index >= 15 is 0 Å². The van der Waals surface area contributed by atoms with Gasteiger partial charge in [-0.25, -0.2) is 4.98 Å². The Bertz CT molecular complexity index is 575. The van der Waals surface area contributed by atoms with Crippen LogP contribution in [0.3, 0.4) is 0 Å². The molecule has 2 heterocycles. The van der Waals surface area contributed by atoms with Crippen LogP contribution in [0.5, 0.6) is 0 Å². The van der Waals surface area contributed by atoms with E-state index in [-0.39, 0.29) is 5.91 Å². The Morgan fingerprint density at radius 3 is 2.86 bits per heavy atom. The molecule has 0 spiro atoms. The summed E-state index contributed by atoms with van der Waals surface area (Å²) in [6.07, 6.45) is 4.48. The molecule has 0 aliphatic rings. The van der Waals surface area contributed by atoms with Crippen LogP contribution in [0.2, 0.25) is 0 Å². The molecule has 0 bridgehead atoms. The summed E-state index contributed by atoms with van der Waals surface area (Å²) >= 11 is 1.49. The fraction of sp³-hybridized carbons (Fsp3) is 0.500. The molecule has 0 saturated carbocycles. The number of thiazole rings is 1. The Hall–Kier alpha value is -1.62. The predicted octanol–water partition coefficient (Wildman–Crippen LogP) is 4.05. The summed E-state index contributed by atoms with van der Waals surface area (Å²) in [5.74, 6) is 0.890. The number of aryl methyl sites for hydroxylation is 2. The lowest BCUT2D eigenvalue weighted by Crippen LogP contribution is -2.31. The first-order chi connectivity index (χ1) is 10.2. The van der Waals surface area contributed by atoms with Crippen LogP contribution in [0.15, 0.2) is 22.8 Å². The zero-order chi connectivity index (χ0) is 15.2. The molecule has 21 heavy (non-hydrogen) atoms. The second kappa shape index (κ2) is 7.41. The molecule has 0 atom stereocenters. The smallest absolute Gasteiger partial charge is 0.266 e. The number of unbranched alkanes of at least 4 members (excludes halogenated alkanes) is 1. The van der Waals surface area contributed by atoms with Gasteiger partial charge in [0.25, 0.3) is 5.91 Å². The predicted molar refractivity (Wildman–Crippen MR) is 84.6 cm³/mol. The van der Waals surface area contributed by atoms with E-state index in [1.165, 1.54) is 11.3 Å². The van der Waals surface area contributed by atoms with Gasteiger partial charge in [0, 0.05) is 6.54 Å². The van der Waals surface area contributed by atoms with E-state index in [9.17, 15) is 4.79 Å². The average Bonchev–Trinajstić information content (AvgIpc) is 3.11. The maximum absolute atomic E-state index is 12.8. The van der Waals surface area contributed by atoms with Crippen molar-refractivity contribution in [2.75, 3.05) is 6.54 Å². The summed E-state index contributed by atoms with van der Waals surface area (Å²) < 4.78 is 5.39. The van der Waals surface area contributed by atoms with Gasteiger partial charge in [-0.3, -0.25) is 4.79 Å². The van der Waals surface area contributed by atoms with Gasteiger partial charge in [-0.05, 0) is 31.9 Å². The van der Waals surface area contributed by atoms with Crippen LogP contribution in [0, 0.1) is 6.92 Å². The van der Waals surface area contributed by atoms with Crippen LogP contribution in [-0.2, 0) is 13.0 Å². The molecule has 5 heteroatoms. The van der Waals surface area contributed by atoms with Crippen molar-refractivity contribution in [2.24, 2.45) is 0 Å². The van der Waals surface area contributed by atoms with Crippen LogP contribution in [0.25, 0.3) is 0 Å². The highest BCUT2D eigenvalue weighted by atomic mass is 32.1. The number of rotatable bonds is 7. The number of furan rings is 1. The zero-order valence-corrected chi connectivity index (χ0v) is 13.7. The number of nitrogens with zero attached hydrogens (tertiary/aromatic N) is 2. The van der Waals surface area contributed by atoms with Crippen molar-refractivity contribution in [3.63, 3.8) is 0 Å². The highest BCUT2D eigenvalue weighted by Crippen LogP contribution is 2.22. The second-order valence-electron chi connectivity index (χ2n) is 5.02. The molecule has 0 N–H and O–H groups in total. The third kappa shape index (κ3) is 3.94. The highest BCUT2D eigenvalue weighted by molar-refractivity contribution is 7.13. The Labute approximate surface area is 129 Å². The zero-order valence-electron chi connectivity index (χ0n) is 12.9. The Kier molecular flexibility index (Phi) is 5.56. The number of carbonyl (C=O) groups is 1. The van der Waals surface area contributed by atoms with Crippen molar-refractivity contribution >= 4 is 17.2 Å². The number of aromatic nitrogens is 1. The molecular weight excluding hydrogens is 284 g/mol. The van der Waals surface area contributed by atoms with Crippen molar-refractivity contribution < 1.29 is 9.21 Å². The average molecular weight is 306 g/mol. The quantitative estimate of drug-likeness (QED) is 0.775. The van der Waals surface area contributed by atoms with Gasteiger partial charge in [-0.1, -0.05) is 20.3 Å². The summed E-state index contributed by atoms with van der Waals surface area (Å²) in [5, 5.41) is 0.948. The molecule has 0 aromatic carbocycles. The van der Waals surface area contributed by atoms with Crippen molar-refractivity contribution in [1.29, 1.82) is 0 Å². The van der Waals surface area contributed by atoms with Gasteiger partial charge in [0.15, 0.2) is 0 Å². The third-order valence-electron chi connectivity index (χ3n) is 3.33. The SMILES string of the molecule is CCCCN(Cc1ccco1)C(=O)c1sc(C)nc1CC. The molecule has 0 unspecified atom stereocenters. The number of hydrogen-bond acceptors (Lipinski definition) is 4. The summed E-state index contributed by atoms with van der Waals surface area (Å²) in [7, 11) is 0. The van der Waals surface area contributed by atoms with Gasteiger partial charge in [-0.15, -0.1) is 11.3 Å². The summed E-state index contributed by atoms with van der Waals surface area (Å²) in [6, 6.07) is 3.76. The number of hydrogen-bond donors (Lipinski definition) is 0. The molecule has 0 aliphatic carbocycles. The fourth-order valence-electron chi connectivity index (χ4n) is 2.21. The van der Waals surface area contributed by atoms with E-state index in [0.29, 0.717) is 6.54 Å². The summed E-state index contributed by atoms with van der Waals surface area (Å²) in [4.78, 5) is 19.9. The molecule has 0 saturated heterocycles. The van der Waals surface area contributed by atoms with Crippen LogP contribution in [0.1, 0.15) is 52.8 Å². The highest BCUT2D eigenvalue weighted by Gasteiger charge is 2.22. The van der Waals surface area contributed by atoms with Crippen LogP contribution >= 0.6 is 11.3 Å². The topological polar surface area (TPSA) is 46.3 Å². The van der Waals surface area contributed by atoms with Crippen LogP contribution in [-0.4, -0.2) is 22.3 Å². The van der Waals surface area contributed by atoms with E-state index < -0.39 is 0 Å². The maximum atomic E-state index is 12.8. The first kappa shape index (κ1) is 15.8. The van der Waals surface area contributed by atoms with Gasteiger partial charge >= 0.3 is 0 Å². The van der Waals surface area contributed by atoms with Gasteiger partial charge in [0.2, 0.25) is 0 Å². The molecule has 1 amide bonds. The largest absolute Gasteiger partial charge is 0.467 e. The van der Waals surface area contributed by atoms with Gasteiger partial charge in [-0.2, -0.15) is 0 Å². The van der Waals surface area contributed by atoms with Crippen LogP contribution in [0.4, 0.5) is 0 Å². The Morgan fingerprint density at radius 1 is 1.43 bits per heavy atom. The molecule has 2 aromatic rings. The molecular formula is C16H22N2O2S. The lowest BCUT2D eigenvalue weighted by Gasteiger charge is -2.21. The first-order valence-electron chi connectivity index (χ1n) is 7.43. The number of carbonyl (C=O) groups excluding carboxylic acids is 1. The van der Waals surface area contributed by atoms with Crippen molar-refractivity contribution in [2.45, 2.75) is 46.6 Å². The molecule has 2 aromatic heterocycles. The minimum absolute atomic E-state index is 0.0716. The Morgan fingerprint density at radius 2 is 2.24 bits per heavy atom. The molecule has 4 nitrogen and oxygen atoms in total. The molecule has 0 aliphatic heterocycles. The minimum atomic E-state index is 0.0716. The first-order valence-corrected chi connectivity index (χ1v) is 8.25. The lowest BCUT2D eigenvalue weighted by molar-refractivity contribution is 0.0732. The van der Waals surface area contributed by atoms with Crippen LogP contribution < -0.4 is 0 Å². The monoisotopic (exact) mass is 306 g/mol. The Balaban J connectivity index is 2.20. The number of amides is 1. The van der Waals surface area contributed by atoms with Gasteiger partial charge < -0.3 is 9.32 Å². The van der Waals surface area contributed by atoms with Crippen molar-refractivity contribution in [3.8, 4) is 0 Å². The van der Waals surface area contributed by atoms with E-state index in [4.69, 9.17) is 4.42 Å². The fourth-order valence-corrected chi connectivity index (χ4v) is 3.19. The lowest BCUT2D eigenvalue weighted by atomic mass is 10.2. The second-order valence-corrected chi connectivity index (χ2v) is 6.23. The third-order valence-corrected chi connectivity index (χ3v) is 4.33. The van der Waals surface area contributed by atoms with E-state index in [0.717, 1.165) is 47.1 Å². The maximum Gasteiger partial charge on any atom is 0.266 e. The minimum Gasteiger partial charge on any atom is -0.467 e. The molecule has 114 valence electrons. The molecule has 0 fully saturated rings. The van der Waals surface area contributed by atoms with Gasteiger partial charge in [0.05, 0.1) is 23.5 Å². The van der Waals surface area contributed by atoms with Crippen molar-refractivity contribution in [3.05, 3.63) is 39.7 Å². The summed E-state index contributed by atoms with van der Waals surface area (Å²) in [5.41, 5.74) is 0.906. The summed E-state index contributed by atoms with van der Waals surface area (Å²) in [6.45, 7) is 7.38. The van der Waals surface area contributed by atoms with Crippen molar-refractivity contribution in [1.82, 2.24) is 9.88 Å².